The lowest BCUT2D eigenvalue weighted by Crippen LogP contribution is -2.16. The number of Topliss-reactive ketones (excluding diaryl/α,β-unsaturated/α-hetero) is 1. The van der Waals surface area contributed by atoms with E-state index in [9.17, 15) is 57.5 Å². The highest BCUT2D eigenvalue weighted by atomic mass is 19.4. The Balaban J connectivity index is 0.000000421. The van der Waals surface area contributed by atoms with E-state index >= 15 is 0 Å². The van der Waals surface area contributed by atoms with Crippen LogP contribution in [-0.4, -0.2) is 45.7 Å². The van der Waals surface area contributed by atoms with Crippen LogP contribution in [0.4, 0.5) is 76.2 Å². The fraction of sp³-hybridized carbons (Fsp3) is 0.341. The predicted molar refractivity (Wildman–Crippen MR) is 238 cm³/mol. The number of nitrogens with two attached hydrogens (primary N) is 5. The van der Waals surface area contributed by atoms with Gasteiger partial charge in [-0.25, -0.2) is 39.9 Å². The molecule has 14 nitrogen and oxygen atoms in total. The maximum atomic E-state index is 12.0. The minimum atomic E-state index is -4.45. The lowest BCUT2D eigenvalue weighted by molar-refractivity contribution is -0.142. The highest BCUT2D eigenvalue weighted by molar-refractivity contribution is 5.78. The van der Waals surface area contributed by atoms with Crippen LogP contribution in [0.25, 0.3) is 0 Å². The van der Waals surface area contributed by atoms with E-state index in [1.165, 1.54) is 29.8 Å². The summed E-state index contributed by atoms with van der Waals surface area (Å²) in [5.41, 5.74) is 24.6. The molecule has 0 bridgehead atoms. The van der Waals surface area contributed by atoms with Crippen LogP contribution in [0.3, 0.4) is 0 Å². The van der Waals surface area contributed by atoms with Crippen molar-refractivity contribution in [2.24, 2.45) is 5.73 Å². The van der Waals surface area contributed by atoms with Crippen molar-refractivity contribution in [2.75, 3.05) is 22.9 Å². The van der Waals surface area contributed by atoms with Gasteiger partial charge in [-0.3, -0.25) is 4.79 Å². The van der Waals surface area contributed by atoms with Gasteiger partial charge < -0.3 is 28.7 Å². The van der Waals surface area contributed by atoms with Crippen LogP contribution in [0.5, 0.6) is 0 Å². The summed E-state index contributed by atoms with van der Waals surface area (Å²) < 4.78 is 142. The van der Waals surface area contributed by atoms with Crippen molar-refractivity contribution in [2.45, 2.75) is 97.0 Å². The topological polar surface area (TPSA) is 250 Å². The molecule has 0 fully saturated rings. The second-order valence-corrected chi connectivity index (χ2v) is 16.2. The third kappa shape index (κ3) is 24.2. The number of rotatable bonds is 3. The SMILES string of the molecule is CC(=O)Cc1ccc(C(C)(C)C)cc1.CC(C)(C)c1nccc(N)n1.NCc1cccc(C(F)(F)F)n1.Nc1cccc(C(F)(F)F)n1.Nc1ncc(C(F)(F)F)cn1.Nc1nccc(C(F)(F)F)n1. The normalized spacial score (nSPS) is 11.5. The summed E-state index contributed by atoms with van der Waals surface area (Å²) in [6, 6.07) is 17.8. The fourth-order valence-electron chi connectivity index (χ4n) is 4.52. The number of hydrogen-bond donors (Lipinski definition) is 5. The number of nitrogens with zero attached hydrogens (tertiary/aromatic N) is 8. The van der Waals surface area contributed by atoms with Gasteiger partial charge in [-0.05, 0) is 59.9 Å². The lowest BCUT2D eigenvalue weighted by Gasteiger charge is -2.18. The number of carbonyl (C=O) groups excluding carboxylic acids is 1. The summed E-state index contributed by atoms with van der Waals surface area (Å²) in [6.07, 6.45) is -13.2. The Morgan fingerprint density at radius 1 is 0.486 bits per heavy atom. The molecule has 10 N–H and O–H groups in total. The van der Waals surface area contributed by atoms with Gasteiger partial charge in [0, 0.05) is 43.2 Å². The molecule has 0 radical (unpaired) electrons. The van der Waals surface area contributed by atoms with Crippen LogP contribution in [0.1, 0.15) is 93.8 Å². The molecule has 0 amide bonds. The molecule has 0 atom stereocenters. The minimum absolute atomic E-state index is 0.0178. The van der Waals surface area contributed by atoms with E-state index in [1.54, 1.807) is 19.2 Å². The summed E-state index contributed by atoms with van der Waals surface area (Å²) in [5.74, 6) is 0.869. The zero-order valence-corrected chi connectivity index (χ0v) is 38.6. The smallest absolute Gasteiger partial charge is 0.384 e. The molecule has 6 aromatic rings. The molecule has 0 unspecified atom stereocenters. The van der Waals surface area contributed by atoms with Gasteiger partial charge >= 0.3 is 24.7 Å². The van der Waals surface area contributed by atoms with E-state index in [0.717, 1.165) is 35.8 Å². The maximum absolute atomic E-state index is 12.0. The molecule has 0 saturated carbocycles. The average molecular weight is 1010 g/mol. The molecule has 6 rings (SSSR count). The van der Waals surface area contributed by atoms with Crippen LogP contribution in [0.2, 0.25) is 0 Å². The Morgan fingerprint density at radius 2 is 0.957 bits per heavy atom. The third-order valence-corrected chi connectivity index (χ3v) is 7.95. The zero-order valence-electron chi connectivity index (χ0n) is 38.6. The Labute approximate surface area is 394 Å². The first-order valence-corrected chi connectivity index (χ1v) is 19.9. The summed E-state index contributed by atoms with van der Waals surface area (Å²) in [4.78, 5) is 38.2. The Hall–Kier alpha value is -7.25. The van der Waals surface area contributed by atoms with Crippen LogP contribution >= 0.6 is 0 Å². The van der Waals surface area contributed by atoms with Crippen LogP contribution in [-0.2, 0) is 53.3 Å². The van der Waals surface area contributed by atoms with Gasteiger partial charge in [0.15, 0.2) is 0 Å². The number of hydrogen-bond acceptors (Lipinski definition) is 14. The van der Waals surface area contributed by atoms with E-state index in [4.69, 9.17) is 28.7 Å². The second kappa shape index (κ2) is 25.9. The third-order valence-electron chi connectivity index (χ3n) is 7.95. The number of alkyl halides is 12. The minimum Gasteiger partial charge on any atom is -0.384 e. The average Bonchev–Trinajstić information content (AvgIpc) is 3.23. The van der Waals surface area contributed by atoms with Gasteiger partial charge in [0.25, 0.3) is 0 Å². The van der Waals surface area contributed by atoms with Crippen LogP contribution < -0.4 is 28.7 Å². The van der Waals surface area contributed by atoms with Gasteiger partial charge in [0.1, 0.15) is 40.3 Å². The van der Waals surface area contributed by atoms with E-state index in [1.807, 2.05) is 12.1 Å². The van der Waals surface area contributed by atoms with Gasteiger partial charge in [-0.2, -0.15) is 52.7 Å². The van der Waals surface area contributed by atoms with Crippen molar-refractivity contribution in [1.82, 2.24) is 39.9 Å². The van der Waals surface area contributed by atoms with Crippen molar-refractivity contribution in [1.29, 1.82) is 0 Å². The van der Waals surface area contributed by atoms with E-state index in [2.05, 4.69) is 93.5 Å². The first-order valence-electron chi connectivity index (χ1n) is 19.9. The Kier molecular flexibility index (Phi) is 22.5. The summed E-state index contributed by atoms with van der Waals surface area (Å²) in [7, 11) is 0. The molecule has 0 saturated heterocycles. The molecule has 382 valence electrons. The van der Waals surface area contributed by atoms with E-state index in [0.29, 0.717) is 24.6 Å². The standard InChI is InChI=1S/C13H18O.C8H13N3.C7H7F3N2.C6H5F3N2.2C5H4F3N3/c1-10(14)9-11-5-7-12(8-6-11)13(2,3)4;1-8(2,3)7-10-5-4-6(9)11-7;8-7(9,10)6-3-1-2-5(4-11)12-6;7-6(8,9)4-2-1-3-5(10)11-4;6-5(7,8)3-1-10-4(9)11-2-3;6-5(7,8)3-1-2-10-4(9)11-3/h5-8H,9H2,1-4H3;4-5H,1-3H3,(H2,9,10,11);1-3H,4,11H2;1-3H,(H2,10,11);2*1-2H,(H2,9,10,11). The van der Waals surface area contributed by atoms with Crippen molar-refractivity contribution < 1.29 is 57.5 Å². The number of anilines is 4. The number of nitrogen functional groups attached to an aromatic ring is 4. The molecule has 0 aliphatic carbocycles. The first kappa shape index (κ1) is 60.8. The van der Waals surface area contributed by atoms with Gasteiger partial charge in [0.2, 0.25) is 11.9 Å². The Bertz CT molecular complexity index is 2370. The fourth-order valence-corrected chi connectivity index (χ4v) is 4.52. The number of aromatic nitrogens is 8. The molecule has 0 aliphatic rings. The quantitative estimate of drug-likeness (QED) is 0.104. The maximum Gasteiger partial charge on any atom is 0.433 e. The molecule has 0 spiro atoms. The Morgan fingerprint density at radius 3 is 1.33 bits per heavy atom. The largest absolute Gasteiger partial charge is 0.433 e. The van der Waals surface area contributed by atoms with Crippen molar-refractivity contribution in [3.8, 4) is 0 Å². The number of halogens is 12. The number of benzene rings is 1. The van der Waals surface area contributed by atoms with Crippen molar-refractivity contribution in [3.05, 3.63) is 143 Å². The monoisotopic (exact) mass is 1010 g/mol. The van der Waals surface area contributed by atoms with Crippen LogP contribution in [0.15, 0.2) is 97.6 Å². The van der Waals surface area contributed by atoms with Crippen LogP contribution in [0, 0.1) is 0 Å². The molecular weight excluding hydrogens is 955 g/mol. The second-order valence-electron chi connectivity index (χ2n) is 16.2. The number of ketones is 1. The predicted octanol–water partition coefficient (Wildman–Crippen LogP) is 9.87. The van der Waals surface area contributed by atoms with Crippen molar-refractivity contribution in [3.63, 3.8) is 0 Å². The molecule has 70 heavy (non-hydrogen) atoms. The number of carbonyl (C=O) groups is 1. The lowest BCUT2D eigenvalue weighted by atomic mass is 9.86. The molecule has 5 heterocycles. The molecule has 0 aliphatic heterocycles. The highest BCUT2D eigenvalue weighted by Gasteiger charge is 2.34. The molecule has 26 heteroatoms. The summed E-state index contributed by atoms with van der Waals surface area (Å²) in [5, 5.41) is 0. The number of pyridine rings is 2. The molecular formula is C44H51F12N13O. The van der Waals surface area contributed by atoms with E-state index in [-0.39, 0.29) is 46.6 Å². The molecule has 5 aromatic heterocycles. The first-order chi connectivity index (χ1) is 31.9. The van der Waals surface area contributed by atoms with Gasteiger partial charge in [-0.1, -0.05) is 77.9 Å². The van der Waals surface area contributed by atoms with Gasteiger partial charge in [-0.15, -0.1) is 0 Å². The van der Waals surface area contributed by atoms with Gasteiger partial charge in [0.05, 0.1) is 11.3 Å². The van der Waals surface area contributed by atoms with E-state index < -0.39 is 47.4 Å². The highest BCUT2D eigenvalue weighted by Crippen LogP contribution is 2.30. The molecule has 1 aromatic carbocycles. The summed E-state index contributed by atoms with van der Waals surface area (Å²) in [6.45, 7) is 14.4. The summed E-state index contributed by atoms with van der Waals surface area (Å²) >= 11 is 0. The van der Waals surface area contributed by atoms with Crippen molar-refractivity contribution >= 4 is 29.3 Å². The zero-order chi connectivity index (χ0) is 53.9.